The van der Waals surface area contributed by atoms with E-state index >= 15 is 0 Å². The van der Waals surface area contributed by atoms with Crippen molar-refractivity contribution in [2.45, 2.75) is 51.5 Å². The number of ether oxygens (including phenoxy) is 1. The molecule has 1 fully saturated rings. The Kier molecular flexibility index (Phi) is 6.77. The van der Waals surface area contributed by atoms with Gasteiger partial charge in [0.05, 0.1) is 12.7 Å². The van der Waals surface area contributed by atoms with Crippen LogP contribution in [-0.2, 0) is 9.53 Å². The lowest BCUT2D eigenvalue weighted by atomic mass is 9.80. The van der Waals surface area contributed by atoms with Crippen LogP contribution in [-0.4, -0.2) is 48.4 Å². The van der Waals surface area contributed by atoms with Crippen LogP contribution in [0.3, 0.4) is 0 Å². The molecule has 6 heteroatoms. The van der Waals surface area contributed by atoms with Gasteiger partial charge in [-0.25, -0.2) is 4.79 Å². The lowest BCUT2D eigenvalue weighted by Gasteiger charge is -2.40. The van der Waals surface area contributed by atoms with Crippen LogP contribution in [0.25, 0.3) is 0 Å². The zero-order valence-electron chi connectivity index (χ0n) is 15.8. The Morgan fingerprint density at radius 1 is 1.00 bits per heavy atom. The van der Waals surface area contributed by atoms with Gasteiger partial charge in [-0.2, -0.15) is 0 Å². The standard InChI is InChI=1S/C20H28N2O4/c1-4-22(5-2)19(25)20(13-7-6-8-14-20)21-17(23)15-9-11-16(12-10-15)18(24)26-3/h9-12H,4-8,13-14H2,1-3H3,(H,21,23). The average Bonchev–Trinajstić information content (AvgIpc) is 2.69. The Labute approximate surface area is 154 Å². The summed E-state index contributed by atoms with van der Waals surface area (Å²) in [7, 11) is 1.31. The summed E-state index contributed by atoms with van der Waals surface area (Å²) in [6, 6.07) is 6.28. The molecule has 1 saturated carbocycles. The number of carbonyl (C=O) groups is 3. The summed E-state index contributed by atoms with van der Waals surface area (Å²) >= 11 is 0. The molecule has 0 spiro atoms. The van der Waals surface area contributed by atoms with Gasteiger partial charge in [0.2, 0.25) is 5.91 Å². The largest absolute Gasteiger partial charge is 0.465 e. The number of methoxy groups -OCH3 is 1. The van der Waals surface area contributed by atoms with Crippen molar-refractivity contribution in [2.24, 2.45) is 0 Å². The van der Waals surface area contributed by atoms with E-state index in [-0.39, 0.29) is 11.8 Å². The Morgan fingerprint density at radius 2 is 1.54 bits per heavy atom. The van der Waals surface area contributed by atoms with Crippen LogP contribution in [0.4, 0.5) is 0 Å². The van der Waals surface area contributed by atoms with Crippen LogP contribution in [0.1, 0.15) is 66.7 Å². The van der Waals surface area contributed by atoms with E-state index in [1.807, 2.05) is 13.8 Å². The topological polar surface area (TPSA) is 75.7 Å². The van der Waals surface area contributed by atoms with Crippen molar-refractivity contribution in [3.05, 3.63) is 35.4 Å². The van der Waals surface area contributed by atoms with Crippen molar-refractivity contribution >= 4 is 17.8 Å². The van der Waals surface area contributed by atoms with Crippen molar-refractivity contribution in [1.82, 2.24) is 10.2 Å². The van der Waals surface area contributed by atoms with Crippen LogP contribution in [0.15, 0.2) is 24.3 Å². The molecule has 1 aliphatic rings. The average molecular weight is 360 g/mol. The molecule has 26 heavy (non-hydrogen) atoms. The van der Waals surface area contributed by atoms with E-state index in [1.54, 1.807) is 29.2 Å². The second kappa shape index (κ2) is 8.83. The van der Waals surface area contributed by atoms with Gasteiger partial charge in [0, 0.05) is 18.7 Å². The van der Waals surface area contributed by atoms with Gasteiger partial charge < -0.3 is 15.0 Å². The van der Waals surface area contributed by atoms with Crippen LogP contribution >= 0.6 is 0 Å². The minimum atomic E-state index is -0.831. The van der Waals surface area contributed by atoms with Crippen molar-refractivity contribution < 1.29 is 19.1 Å². The second-order valence-electron chi connectivity index (χ2n) is 6.64. The normalized spacial score (nSPS) is 15.8. The monoisotopic (exact) mass is 360 g/mol. The van der Waals surface area contributed by atoms with E-state index in [2.05, 4.69) is 10.1 Å². The van der Waals surface area contributed by atoms with Crippen LogP contribution in [0.5, 0.6) is 0 Å². The number of likely N-dealkylation sites (N-methyl/N-ethyl adjacent to an activating group) is 1. The zero-order chi connectivity index (χ0) is 19.2. The summed E-state index contributed by atoms with van der Waals surface area (Å²) in [6.07, 6.45) is 4.25. The summed E-state index contributed by atoms with van der Waals surface area (Å²) in [4.78, 5) is 39.2. The molecule has 1 aliphatic carbocycles. The number of amides is 2. The van der Waals surface area contributed by atoms with E-state index in [1.165, 1.54) is 7.11 Å². The van der Waals surface area contributed by atoms with Crippen molar-refractivity contribution in [2.75, 3.05) is 20.2 Å². The third-order valence-electron chi connectivity index (χ3n) is 5.09. The molecule has 0 aromatic heterocycles. The highest BCUT2D eigenvalue weighted by Gasteiger charge is 2.42. The number of nitrogens with one attached hydrogen (secondary N) is 1. The van der Waals surface area contributed by atoms with Crippen LogP contribution in [0.2, 0.25) is 0 Å². The lowest BCUT2D eigenvalue weighted by molar-refractivity contribution is -0.139. The Balaban J connectivity index is 2.21. The molecule has 1 aromatic rings. The molecule has 2 rings (SSSR count). The number of esters is 1. The highest BCUT2D eigenvalue weighted by molar-refractivity contribution is 6.00. The maximum Gasteiger partial charge on any atom is 0.337 e. The number of hydrogen-bond acceptors (Lipinski definition) is 4. The quantitative estimate of drug-likeness (QED) is 0.792. The van der Waals surface area contributed by atoms with Crippen LogP contribution in [0, 0.1) is 0 Å². The summed E-state index contributed by atoms with van der Waals surface area (Å²) in [6.45, 7) is 5.15. The van der Waals surface area contributed by atoms with Gasteiger partial charge in [-0.3, -0.25) is 9.59 Å². The highest BCUT2D eigenvalue weighted by atomic mass is 16.5. The predicted octanol–water partition coefficient (Wildman–Crippen LogP) is 2.77. The Morgan fingerprint density at radius 3 is 2.04 bits per heavy atom. The number of nitrogens with zero attached hydrogens (tertiary/aromatic N) is 1. The van der Waals surface area contributed by atoms with Gasteiger partial charge in [0.1, 0.15) is 5.54 Å². The molecule has 0 atom stereocenters. The van der Waals surface area contributed by atoms with Gasteiger partial charge in [-0.05, 0) is 51.0 Å². The summed E-state index contributed by atoms with van der Waals surface area (Å²) in [5.74, 6) is -0.733. The molecule has 0 bridgehead atoms. The third kappa shape index (κ3) is 4.23. The van der Waals surface area contributed by atoms with E-state index in [0.717, 1.165) is 19.3 Å². The number of rotatable bonds is 6. The molecule has 0 heterocycles. The lowest BCUT2D eigenvalue weighted by Crippen LogP contribution is -2.60. The molecule has 2 amide bonds. The maximum absolute atomic E-state index is 13.1. The highest BCUT2D eigenvalue weighted by Crippen LogP contribution is 2.30. The molecule has 6 nitrogen and oxygen atoms in total. The van der Waals surface area contributed by atoms with E-state index in [4.69, 9.17) is 0 Å². The van der Waals surface area contributed by atoms with Gasteiger partial charge in [-0.15, -0.1) is 0 Å². The minimum Gasteiger partial charge on any atom is -0.465 e. The smallest absolute Gasteiger partial charge is 0.337 e. The number of hydrogen-bond donors (Lipinski definition) is 1. The fourth-order valence-electron chi connectivity index (χ4n) is 3.53. The van der Waals surface area contributed by atoms with Gasteiger partial charge in [0.15, 0.2) is 0 Å². The summed E-state index contributed by atoms with van der Waals surface area (Å²) < 4.78 is 4.67. The Bertz CT molecular complexity index is 644. The second-order valence-corrected chi connectivity index (χ2v) is 6.64. The Hall–Kier alpha value is -2.37. The summed E-state index contributed by atoms with van der Waals surface area (Å²) in [5, 5.41) is 3.01. The number of benzene rings is 1. The van der Waals surface area contributed by atoms with E-state index in [0.29, 0.717) is 37.1 Å². The minimum absolute atomic E-state index is 0.00160. The van der Waals surface area contributed by atoms with E-state index < -0.39 is 11.5 Å². The molecule has 1 aromatic carbocycles. The molecule has 0 unspecified atom stereocenters. The molecule has 0 saturated heterocycles. The fourth-order valence-corrected chi connectivity index (χ4v) is 3.53. The van der Waals surface area contributed by atoms with E-state index in [9.17, 15) is 14.4 Å². The molecule has 142 valence electrons. The molecule has 0 radical (unpaired) electrons. The van der Waals surface area contributed by atoms with Gasteiger partial charge >= 0.3 is 5.97 Å². The van der Waals surface area contributed by atoms with Crippen molar-refractivity contribution in [3.8, 4) is 0 Å². The first-order valence-corrected chi connectivity index (χ1v) is 9.27. The molecule has 0 aliphatic heterocycles. The zero-order valence-corrected chi connectivity index (χ0v) is 15.8. The SMILES string of the molecule is CCN(CC)C(=O)C1(NC(=O)c2ccc(C(=O)OC)cc2)CCCCC1. The third-order valence-corrected chi connectivity index (χ3v) is 5.09. The molecular weight excluding hydrogens is 332 g/mol. The fraction of sp³-hybridized carbons (Fsp3) is 0.550. The maximum atomic E-state index is 13.1. The predicted molar refractivity (Wildman–Crippen MR) is 99.0 cm³/mol. The molecular formula is C20H28N2O4. The first-order chi connectivity index (χ1) is 12.5. The van der Waals surface area contributed by atoms with Gasteiger partial charge in [0.25, 0.3) is 5.91 Å². The van der Waals surface area contributed by atoms with Crippen molar-refractivity contribution in [1.29, 1.82) is 0 Å². The van der Waals surface area contributed by atoms with Crippen molar-refractivity contribution in [3.63, 3.8) is 0 Å². The first-order valence-electron chi connectivity index (χ1n) is 9.27. The van der Waals surface area contributed by atoms with Gasteiger partial charge in [-0.1, -0.05) is 19.3 Å². The number of carbonyl (C=O) groups excluding carboxylic acids is 3. The summed E-state index contributed by atoms with van der Waals surface area (Å²) in [5.41, 5.74) is -0.0202. The van der Waals surface area contributed by atoms with Crippen LogP contribution < -0.4 is 5.32 Å². The first kappa shape index (κ1) is 19.9. The molecule has 1 N–H and O–H groups in total.